The summed E-state index contributed by atoms with van der Waals surface area (Å²) < 4.78 is 2.16. The average molecular weight is 438 g/mol. The number of aromatic nitrogens is 5. The summed E-state index contributed by atoms with van der Waals surface area (Å²) >= 11 is 1.39. The maximum Gasteiger partial charge on any atom is 0.263 e. The second-order valence-electron chi connectivity index (χ2n) is 7.82. The molecule has 7 heteroatoms. The Bertz CT molecular complexity index is 1470. The van der Waals surface area contributed by atoms with Crippen molar-refractivity contribution in [1.82, 2.24) is 24.7 Å². The number of aromatic amines is 1. The van der Waals surface area contributed by atoms with Crippen LogP contribution < -0.4 is 5.56 Å². The van der Waals surface area contributed by atoms with E-state index >= 15 is 0 Å². The van der Waals surface area contributed by atoms with Gasteiger partial charge in [0.05, 0.1) is 4.90 Å². The van der Waals surface area contributed by atoms with Crippen molar-refractivity contribution in [2.45, 2.75) is 28.9 Å². The number of rotatable bonds is 5. The lowest BCUT2D eigenvalue weighted by atomic mass is 10.0. The minimum atomic E-state index is -0.124. The third-order valence-electron chi connectivity index (χ3n) is 5.63. The summed E-state index contributed by atoms with van der Waals surface area (Å²) in [5, 5.41) is 10.7. The molecule has 0 bridgehead atoms. The fourth-order valence-electron chi connectivity index (χ4n) is 4.01. The maximum atomic E-state index is 13.3. The zero-order chi connectivity index (χ0) is 21.5. The van der Waals surface area contributed by atoms with Crippen LogP contribution in [0.1, 0.15) is 18.9 Å². The largest absolute Gasteiger partial charge is 0.321 e. The first-order chi connectivity index (χ1) is 15.8. The number of para-hydroxylation sites is 1. The first-order valence-corrected chi connectivity index (χ1v) is 11.3. The number of fused-ring (bicyclic) bond motifs is 1. The second-order valence-corrected chi connectivity index (χ2v) is 8.80. The molecule has 6 nitrogen and oxygen atoms in total. The van der Waals surface area contributed by atoms with Crippen molar-refractivity contribution in [3.8, 4) is 22.5 Å². The van der Waals surface area contributed by atoms with Crippen LogP contribution in [0.25, 0.3) is 33.4 Å². The van der Waals surface area contributed by atoms with Gasteiger partial charge in [-0.05, 0) is 48.4 Å². The van der Waals surface area contributed by atoms with E-state index in [2.05, 4.69) is 24.7 Å². The SMILES string of the molecule is O=c1[nH]c2ccccc2c(-c2ccccc2)c1Sc1nnc(-c2cccnc2)n1C1CC1. The van der Waals surface area contributed by atoms with Gasteiger partial charge in [0.2, 0.25) is 0 Å². The molecule has 1 N–H and O–H groups in total. The van der Waals surface area contributed by atoms with E-state index in [-0.39, 0.29) is 5.56 Å². The Kier molecular flexibility index (Phi) is 4.61. The van der Waals surface area contributed by atoms with Gasteiger partial charge >= 0.3 is 0 Å². The minimum Gasteiger partial charge on any atom is -0.321 e. The summed E-state index contributed by atoms with van der Waals surface area (Å²) in [5.74, 6) is 0.793. The van der Waals surface area contributed by atoms with Gasteiger partial charge in [-0.2, -0.15) is 0 Å². The van der Waals surface area contributed by atoms with Gasteiger partial charge in [0.1, 0.15) is 0 Å². The molecular weight excluding hydrogens is 418 g/mol. The second kappa shape index (κ2) is 7.76. The molecule has 3 aromatic heterocycles. The predicted molar refractivity (Wildman–Crippen MR) is 126 cm³/mol. The number of nitrogens with one attached hydrogen (secondary N) is 1. The molecule has 156 valence electrons. The Morgan fingerprint density at radius 1 is 0.906 bits per heavy atom. The minimum absolute atomic E-state index is 0.124. The molecule has 5 aromatic rings. The first-order valence-electron chi connectivity index (χ1n) is 10.5. The summed E-state index contributed by atoms with van der Waals surface area (Å²) in [4.78, 5) is 21.2. The number of H-pyrrole nitrogens is 1. The molecule has 6 rings (SSSR count). The lowest BCUT2D eigenvalue weighted by Gasteiger charge is -2.13. The quantitative estimate of drug-likeness (QED) is 0.402. The van der Waals surface area contributed by atoms with E-state index in [1.807, 2.05) is 66.7 Å². The average Bonchev–Trinajstić information content (AvgIpc) is 3.60. The van der Waals surface area contributed by atoms with E-state index in [0.29, 0.717) is 10.9 Å². The molecule has 1 aliphatic rings. The number of nitrogens with zero attached hydrogens (tertiary/aromatic N) is 4. The fourth-order valence-corrected chi connectivity index (χ4v) is 5.08. The van der Waals surface area contributed by atoms with Gasteiger partial charge in [-0.25, -0.2) is 0 Å². The van der Waals surface area contributed by atoms with Gasteiger partial charge < -0.3 is 4.98 Å². The third kappa shape index (κ3) is 3.31. The van der Waals surface area contributed by atoms with Crippen molar-refractivity contribution < 1.29 is 0 Å². The zero-order valence-electron chi connectivity index (χ0n) is 17.1. The van der Waals surface area contributed by atoms with Gasteiger partial charge in [-0.3, -0.25) is 14.3 Å². The normalized spacial score (nSPS) is 13.5. The Labute approximate surface area is 188 Å². The van der Waals surface area contributed by atoms with E-state index < -0.39 is 0 Å². The van der Waals surface area contributed by atoms with E-state index in [4.69, 9.17) is 0 Å². The molecule has 0 amide bonds. The lowest BCUT2D eigenvalue weighted by Crippen LogP contribution is -2.11. The van der Waals surface area contributed by atoms with Gasteiger partial charge in [-0.15, -0.1) is 10.2 Å². The summed E-state index contributed by atoms with van der Waals surface area (Å²) in [6, 6.07) is 22.2. The third-order valence-corrected chi connectivity index (χ3v) is 6.68. The highest BCUT2D eigenvalue weighted by molar-refractivity contribution is 7.99. The fraction of sp³-hybridized carbons (Fsp3) is 0.120. The molecule has 1 fully saturated rings. The molecule has 0 aliphatic heterocycles. The summed E-state index contributed by atoms with van der Waals surface area (Å²) in [6.07, 6.45) is 5.71. The molecule has 0 atom stereocenters. The van der Waals surface area contributed by atoms with Gasteiger partial charge in [0, 0.05) is 40.5 Å². The van der Waals surface area contributed by atoms with Crippen LogP contribution in [-0.2, 0) is 0 Å². The maximum absolute atomic E-state index is 13.3. The predicted octanol–water partition coefficient (Wildman–Crippen LogP) is 5.33. The van der Waals surface area contributed by atoms with Crippen molar-refractivity contribution in [3.05, 3.63) is 89.5 Å². The van der Waals surface area contributed by atoms with Crippen LogP contribution in [0.15, 0.2) is 94.0 Å². The highest BCUT2D eigenvalue weighted by atomic mass is 32.2. The van der Waals surface area contributed by atoms with E-state index in [0.717, 1.165) is 51.4 Å². The molecular formula is C25H19N5OS. The van der Waals surface area contributed by atoms with Crippen molar-refractivity contribution in [2.75, 3.05) is 0 Å². The van der Waals surface area contributed by atoms with Crippen LogP contribution in [-0.4, -0.2) is 24.7 Å². The van der Waals surface area contributed by atoms with Crippen molar-refractivity contribution in [2.24, 2.45) is 0 Å². The summed E-state index contributed by atoms with van der Waals surface area (Å²) in [6.45, 7) is 0. The molecule has 1 saturated carbocycles. The first kappa shape index (κ1) is 19.0. The van der Waals surface area contributed by atoms with E-state index in [1.165, 1.54) is 11.8 Å². The van der Waals surface area contributed by atoms with Gasteiger partial charge in [-0.1, -0.05) is 48.5 Å². The zero-order valence-corrected chi connectivity index (χ0v) is 17.9. The standard InChI is InChI=1S/C25H19N5OS/c31-24-22(21(16-7-2-1-3-8-16)19-10-4-5-11-20(19)27-24)32-25-29-28-23(30(25)18-12-13-18)17-9-6-14-26-15-17/h1-11,14-15,18H,12-13H2,(H,27,31). The van der Waals surface area contributed by atoms with Crippen LogP contribution in [0.5, 0.6) is 0 Å². The Balaban J connectivity index is 1.55. The molecule has 0 unspecified atom stereocenters. The highest BCUT2D eigenvalue weighted by Crippen LogP contribution is 2.44. The summed E-state index contributed by atoms with van der Waals surface area (Å²) in [5.41, 5.74) is 3.54. The van der Waals surface area contributed by atoms with Crippen molar-refractivity contribution in [3.63, 3.8) is 0 Å². The smallest absolute Gasteiger partial charge is 0.263 e. The van der Waals surface area contributed by atoms with Gasteiger partial charge in [0.15, 0.2) is 11.0 Å². The molecule has 0 spiro atoms. The molecule has 0 radical (unpaired) electrons. The van der Waals surface area contributed by atoms with E-state index in [9.17, 15) is 4.79 Å². The van der Waals surface area contributed by atoms with Crippen LogP contribution >= 0.6 is 11.8 Å². The van der Waals surface area contributed by atoms with Gasteiger partial charge in [0.25, 0.3) is 5.56 Å². The van der Waals surface area contributed by atoms with Crippen LogP contribution in [0.3, 0.4) is 0 Å². The Hall–Kier alpha value is -3.71. The summed E-state index contributed by atoms with van der Waals surface area (Å²) in [7, 11) is 0. The van der Waals surface area contributed by atoms with Crippen LogP contribution in [0, 0.1) is 0 Å². The molecule has 32 heavy (non-hydrogen) atoms. The number of hydrogen-bond acceptors (Lipinski definition) is 5. The molecule has 1 aliphatic carbocycles. The van der Waals surface area contributed by atoms with Crippen LogP contribution in [0.4, 0.5) is 0 Å². The number of pyridine rings is 2. The molecule has 0 saturated heterocycles. The number of hydrogen-bond donors (Lipinski definition) is 1. The topological polar surface area (TPSA) is 76.5 Å². The Morgan fingerprint density at radius 2 is 1.69 bits per heavy atom. The highest BCUT2D eigenvalue weighted by Gasteiger charge is 2.31. The molecule has 3 heterocycles. The van der Waals surface area contributed by atoms with Crippen molar-refractivity contribution >= 4 is 22.7 Å². The monoisotopic (exact) mass is 437 g/mol. The number of benzene rings is 2. The van der Waals surface area contributed by atoms with E-state index in [1.54, 1.807) is 12.4 Å². The lowest BCUT2D eigenvalue weighted by molar-refractivity contribution is 0.669. The van der Waals surface area contributed by atoms with Crippen molar-refractivity contribution in [1.29, 1.82) is 0 Å². The Morgan fingerprint density at radius 3 is 2.47 bits per heavy atom. The van der Waals surface area contributed by atoms with Crippen LogP contribution in [0.2, 0.25) is 0 Å². The molecule has 2 aromatic carbocycles.